The van der Waals surface area contributed by atoms with Crippen molar-refractivity contribution in [1.82, 2.24) is 10.4 Å². The lowest BCUT2D eigenvalue weighted by atomic mass is 10.0. The number of nitrogens with one attached hydrogen (secondary N) is 1. The molecule has 0 heterocycles. The molecule has 1 aromatic rings. The van der Waals surface area contributed by atoms with Crippen molar-refractivity contribution in [2.75, 3.05) is 14.2 Å². The molecular formula is C12H18N2O3. The number of hydrogen-bond acceptors (Lipinski definition) is 4. The van der Waals surface area contributed by atoms with Crippen LogP contribution in [0, 0.1) is 0 Å². The van der Waals surface area contributed by atoms with Gasteiger partial charge in [0.25, 0.3) is 0 Å². The van der Waals surface area contributed by atoms with Crippen LogP contribution in [0.4, 0.5) is 4.79 Å². The predicted octanol–water partition coefficient (Wildman–Crippen LogP) is 1.31. The third-order valence-electron chi connectivity index (χ3n) is 2.66. The number of carbonyl (C=O) groups is 1. The number of aliphatic hydroxyl groups is 1. The summed E-state index contributed by atoms with van der Waals surface area (Å²) in [6.45, 7) is 1.81. The van der Waals surface area contributed by atoms with E-state index in [9.17, 15) is 9.90 Å². The molecule has 17 heavy (non-hydrogen) atoms. The maximum Gasteiger partial charge on any atom is 0.421 e. The number of hydrazine groups is 1. The molecule has 0 aliphatic rings. The lowest BCUT2D eigenvalue weighted by Crippen LogP contribution is -2.46. The summed E-state index contributed by atoms with van der Waals surface area (Å²) in [5.74, 6) is 0. The lowest BCUT2D eigenvalue weighted by Gasteiger charge is -2.28. The number of nitrogens with zero attached hydrogens (tertiary/aromatic N) is 1. The zero-order valence-electron chi connectivity index (χ0n) is 10.3. The summed E-state index contributed by atoms with van der Waals surface area (Å²) in [5.41, 5.74) is 3.30. The van der Waals surface area contributed by atoms with Gasteiger partial charge in [-0.2, -0.15) is 0 Å². The van der Waals surface area contributed by atoms with Gasteiger partial charge >= 0.3 is 6.09 Å². The molecular weight excluding hydrogens is 220 g/mol. The number of aliphatic hydroxyl groups excluding tert-OH is 1. The molecule has 0 radical (unpaired) electrons. The molecule has 0 bridgehead atoms. The van der Waals surface area contributed by atoms with Crippen molar-refractivity contribution in [3.8, 4) is 0 Å². The summed E-state index contributed by atoms with van der Waals surface area (Å²) in [6, 6.07) is 9.02. The lowest BCUT2D eigenvalue weighted by molar-refractivity contribution is 0.0416. The van der Waals surface area contributed by atoms with Gasteiger partial charge in [0.1, 0.15) is 0 Å². The molecule has 2 N–H and O–H groups in total. The van der Waals surface area contributed by atoms with Crippen molar-refractivity contribution in [3.63, 3.8) is 0 Å². The number of methoxy groups -OCH3 is 1. The Morgan fingerprint density at radius 2 is 2.00 bits per heavy atom. The van der Waals surface area contributed by atoms with Gasteiger partial charge in [-0.05, 0) is 12.5 Å². The van der Waals surface area contributed by atoms with E-state index in [1.54, 1.807) is 7.05 Å². The summed E-state index contributed by atoms with van der Waals surface area (Å²) >= 11 is 0. The number of hydrogen-bond donors (Lipinski definition) is 2. The van der Waals surface area contributed by atoms with Gasteiger partial charge in [0, 0.05) is 7.05 Å². The highest BCUT2D eigenvalue weighted by atomic mass is 16.5. The molecule has 5 nitrogen and oxygen atoms in total. The minimum atomic E-state index is -0.682. The SMILES string of the molecule is COC(=O)NN(C)[C@@H](C)[C@H](O)c1ccccc1. The molecule has 0 unspecified atom stereocenters. The molecule has 0 fully saturated rings. The molecule has 1 rings (SSSR count). The van der Waals surface area contributed by atoms with Crippen molar-refractivity contribution in [2.45, 2.75) is 19.1 Å². The normalized spacial score (nSPS) is 14.2. The molecule has 0 aromatic heterocycles. The van der Waals surface area contributed by atoms with Crippen LogP contribution < -0.4 is 5.43 Å². The Kier molecular flexibility index (Phi) is 4.93. The topological polar surface area (TPSA) is 61.8 Å². The summed E-state index contributed by atoms with van der Waals surface area (Å²) in [5, 5.41) is 11.6. The first kappa shape index (κ1) is 13.5. The van der Waals surface area contributed by atoms with Crippen molar-refractivity contribution in [3.05, 3.63) is 35.9 Å². The number of amides is 1. The van der Waals surface area contributed by atoms with E-state index in [1.807, 2.05) is 37.3 Å². The van der Waals surface area contributed by atoms with Gasteiger partial charge in [0.2, 0.25) is 0 Å². The van der Waals surface area contributed by atoms with E-state index in [4.69, 9.17) is 0 Å². The second-order valence-corrected chi connectivity index (χ2v) is 3.81. The minimum absolute atomic E-state index is 0.267. The highest BCUT2D eigenvalue weighted by Gasteiger charge is 2.21. The van der Waals surface area contributed by atoms with E-state index >= 15 is 0 Å². The Labute approximate surface area is 101 Å². The molecule has 0 saturated heterocycles. The predicted molar refractivity (Wildman–Crippen MR) is 64.2 cm³/mol. The Hall–Kier alpha value is -1.59. The van der Waals surface area contributed by atoms with Gasteiger partial charge in [-0.3, -0.25) is 5.43 Å². The second-order valence-electron chi connectivity index (χ2n) is 3.81. The zero-order valence-corrected chi connectivity index (χ0v) is 10.3. The summed E-state index contributed by atoms with van der Waals surface area (Å²) < 4.78 is 4.48. The van der Waals surface area contributed by atoms with Crippen LogP contribution in [-0.4, -0.2) is 36.4 Å². The maximum absolute atomic E-state index is 11.0. The number of ether oxygens (including phenoxy) is 1. The van der Waals surface area contributed by atoms with Gasteiger partial charge in [-0.25, -0.2) is 9.80 Å². The van der Waals surface area contributed by atoms with E-state index in [1.165, 1.54) is 12.1 Å². The average molecular weight is 238 g/mol. The molecule has 5 heteroatoms. The highest BCUT2D eigenvalue weighted by Crippen LogP contribution is 2.18. The molecule has 1 aromatic carbocycles. The highest BCUT2D eigenvalue weighted by molar-refractivity contribution is 5.66. The van der Waals surface area contributed by atoms with Crippen LogP contribution in [0.25, 0.3) is 0 Å². The first-order valence-electron chi connectivity index (χ1n) is 5.36. The quantitative estimate of drug-likeness (QED) is 0.776. The Bertz CT molecular complexity index is 356. The fourth-order valence-corrected chi connectivity index (χ4v) is 1.43. The van der Waals surface area contributed by atoms with Crippen LogP contribution in [0.15, 0.2) is 30.3 Å². The summed E-state index contributed by atoms with van der Waals surface area (Å²) in [7, 11) is 2.97. The van der Waals surface area contributed by atoms with Crippen LogP contribution in [-0.2, 0) is 4.74 Å². The first-order chi connectivity index (χ1) is 8.06. The monoisotopic (exact) mass is 238 g/mol. The summed E-state index contributed by atoms with van der Waals surface area (Å²) in [6.07, 6.45) is -1.24. The third kappa shape index (κ3) is 3.72. The van der Waals surface area contributed by atoms with Crippen LogP contribution >= 0.6 is 0 Å². The second kappa shape index (κ2) is 6.22. The van der Waals surface area contributed by atoms with Crippen LogP contribution in [0.2, 0.25) is 0 Å². The minimum Gasteiger partial charge on any atom is -0.452 e. The van der Waals surface area contributed by atoms with E-state index in [0.717, 1.165) is 5.56 Å². The number of rotatable bonds is 4. The van der Waals surface area contributed by atoms with Gasteiger partial charge in [-0.15, -0.1) is 0 Å². The summed E-state index contributed by atoms with van der Waals surface area (Å²) in [4.78, 5) is 11.0. The Morgan fingerprint density at radius 3 is 2.53 bits per heavy atom. The number of carbonyl (C=O) groups excluding carboxylic acids is 1. The van der Waals surface area contributed by atoms with E-state index in [-0.39, 0.29) is 6.04 Å². The van der Waals surface area contributed by atoms with Crippen molar-refractivity contribution >= 4 is 6.09 Å². The first-order valence-corrected chi connectivity index (χ1v) is 5.36. The smallest absolute Gasteiger partial charge is 0.421 e. The van der Waals surface area contributed by atoms with Gasteiger partial charge in [-0.1, -0.05) is 30.3 Å². The molecule has 0 saturated carbocycles. The fraction of sp³-hybridized carbons (Fsp3) is 0.417. The zero-order chi connectivity index (χ0) is 12.8. The average Bonchev–Trinajstić information content (AvgIpc) is 2.37. The molecule has 1 amide bonds. The number of benzene rings is 1. The largest absolute Gasteiger partial charge is 0.452 e. The van der Waals surface area contributed by atoms with Crippen LogP contribution in [0.1, 0.15) is 18.6 Å². The maximum atomic E-state index is 11.0. The van der Waals surface area contributed by atoms with E-state index in [2.05, 4.69) is 10.2 Å². The van der Waals surface area contributed by atoms with Crippen LogP contribution in [0.3, 0.4) is 0 Å². The van der Waals surface area contributed by atoms with Crippen LogP contribution in [0.5, 0.6) is 0 Å². The number of likely N-dealkylation sites (N-methyl/N-ethyl adjacent to an activating group) is 1. The molecule has 94 valence electrons. The Morgan fingerprint density at radius 1 is 1.41 bits per heavy atom. The molecule has 0 spiro atoms. The van der Waals surface area contributed by atoms with Crippen molar-refractivity contribution in [2.24, 2.45) is 0 Å². The fourth-order valence-electron chi connectivity index (χ4n) is 1.43. The molecule has 0 aliphatic carbocycles. The third-order valence-corrected chi connectivity index (χ3v) is 2.66. The van der Waals surface area contributed by atoms with Crippen molar-refractivity contribution in [1.29, 1.82) is 0 Å². The van der Waals surface area contributed by atoms with Gasteiger partial charge < -0.3 is 9.84 Å². The molecule has 2 atom stereocenters. The van der Waals surface area contributed by atoms with Gasteiger partial charge in [0.05, 0.1) is 19.3 Å². The van der Waals surface area contributed by atoms with E-state index < -0.39 is 12.2 Å². The molecule has 0 aliphatic heterocycles. The Balaban J connectivity index is 2.63. The van der Waals surface area contributed by atoms with Gasteiger partial charge in [0.15, 0.2) is 0 Å². The van der Waals surface area contributed by atoms with E-state index in [0.29, 0.717) is 0 Å². The van der Waals surface area contributed by atoms with Crippen molar-refractivity contribution < 1.29 is 14.6 Å². The standard InChI is InChI=1S/C12H18N2O3/c1-9(14(2)13-12(16)17-3)11(15)10-7-5-4-6-8-10/h4-9,11,15H,1-3H3,(H,13,16)/t9-,11-/m0/s1.